The topological polar surface area (TPSA) is 95.2 Å². The third-order valence-corrected chi connectivity index (χ3v) is 5.14. The van der Waals surface area contributed by atoms with E-state index in [-0.39, 0.29) is 5.89 Å². The van der Waals surface area contributed by atoms with Crippen LogP contribution in [0.1, 0.15) is 11.5 Å². The number of fused-ring (bicyclic) bond motifs is 1. The number of nitrogens with one attached hydrogen (secondary N) is 1. The Morgan fingerprint density at radius 1 is 0.879 bits per heavy atom. The highest BCUT2D eigenvalue weighted by atomic mass is 16.5. The summed E-state index contributed by atoms with van der Waals surface area (Å²) >= 11 is 0. The second kappa shape index (κ2) is 8.96. The van der Waals surface area contributed by atoms with Crippen LogP contribution >= 0.6 is 0 Å². The van der Waals surface area contributed by atoms with E-state index in [1.165, 1.54) is 0 Å². The van der Waals surface area contributed by atoms with Crippen LogP contribution in [0, 0.1) is 0 Å². The molecule has 5 rings (SSSR count). The molecule has 0 atom stereocenters. The Morgan fingerprint density at radius 3 is 2.45 bits per heavy atom. The van der Waals surface area contributed by atoms with Gasteiger partial charge in [0.2, 0.25) is 5.89 Å². The lowest BCUT2D eigenvalue weighted by atomic mass is 10.1. The number of ether oxygens (including phenoxy) is 2. The molecule has 0 aliphatic carbocycles. The van der Waals surface area contributed by atoms with Gasteiger partial charge in [-0.05, 0) is 42.0 Å². The summed E-state index contributed by atoms with van der Waals surface area (Å²) in [5.41, 5.74) is 2.99. The van der Waals surface area contributed by atoms with Crippen LogP contribution in [0.5, 0.6) is 11.5 Å². The van der Waals surface area contributed by atoms with Crippen molar-refractivity contribution >= 4 is 22.4 Å². The van der Waals surface area contributed by atoms with Crippen molar-refractivity contribution in [3.8, 4) is 23.1 Å². The molecule has 0 spiro atoms. The quantitative estimate of drug-likeness (QED) is 0.377. The van der Waals surface area contributed by atoms with Crippen molar-refractivity contribution in [1.82, 2.24) is 20.2 Å². The first-order valence-electron chi connectivity index (χ1n) is 10.4. The molecule has 8 nitrogen and oxygen atoms in total. The summed E-state index contributed by atoms with van der Waals surface area (Å²) in [5.74, 6) is 2.60. The van der Waals surface area contributed by atoms with E-state index in [0.29, 0.717) is 35.1 Å². The molecular weight excluding hydrogens is 418 g/mol. The van der Waals surface area contributed by atoms with Crippen LogP contribution in [0.4, 0.5) is 11.5 Å². The second-order valence-corrected chi connectivity index (χ2v) is 7.26. The Bertz CT molecular complexity index is 1380. The van der Waals surface area contributed by atoms with Crippen LogP contribution in [-0.2, 0) is 6.42 Å². The Kier molecular flexibility index (Phi) is 5.55. The maximum atomic E-state index is 5.96. The van der Waals surface area contributed by atoms with Crippen molar-refractivity contribution in [3.63, 3.8) is 0 Å². The minimum atomic E-state index is 0.267. The molecule has 8 heteroatoms. The number of benzene rings is 2. The maximum absolute atomic E-state index is 5.96. The van der Waals surface area contributed by atoms with Gasteiger partial charge in [-0.1, -0.05) is 30.3 Å². The van der Waals surface area contributed by atoms with Crippen molar-refractivity contribution in [2.45, 2.75) is 6.42 Å². The van der Waals surface area contributed by atoms with Gasteiger partial charge >= 0.3 is 0 Å². The standard InChI is InChI=1S/C25H21N5O3/c1-31-18-12-10-17(11-13-18)27-24-19-9-6-14-26-21(19)23(32-2)22(28-24)25-30-29-20(33-25)15-16-7-4-3-5-8-16/h3-14H,15H2,1-2H3,(H,27,28). The summed E-state index contributed by atoms with van der Waals surface area (Å²) in [4.78, 5) is 9.32. The average molecular weight is 439 g/mol. The maximum Gasteiger partial charge on any atom is 0.270 e. The molecule has 3 aromatic heterocycles. The zero-order valence-corrected chi connectivity index (χ0v) is 18.1. The van der Waals surface area contributed by atoms with Crippen molar-refractivity contribution in [1.29, 1.82) is 0 Å². The second-order valence-electron chi connectivity index (χ2n) is 7.26. The molecule has 0 amide bonds. The number of rotatable bonds is 7. The van der Waals surface area contributed by atoms with Gasteiger partial charge in [-0.2, -0.15) is 0 Å². The predicted octanol–water partition coefficient (Wildman–Crippen LogP) is 5.03. The summed E-state index contributed by atoms with van der Waals surface area (Å²) in [6, 6.07) is 21.3. The normalized spacial score (nSPS) is 10.8. The average Bonchev–Trinajstić information content (AvgIpc) is 3.33. The molecule has 0 radical (unpaired) electrons. The first kappa shape index (κ1) is 20.4. The molecule has 0 fully saturated rings. The smallest absolute Gasteiger partial charge is 0.270 e. The van der Waals surface area contributed by atoms with E-state index in [4.69, 9.17) is 18.9 Å². The Hall–Kier alpha value is -4.46. The van der Waals surface area contributed by atoms with Crippen LogP contribution in [0.25, 0.3) is 22.5 Å². The molecule has 164 valence electrons. The molecule has 1 N–H and O–H groups in total. The summed E-state index contributed by atoms with van der Waals surface area (Å²) < 4.78 is 16.9. The zero-order chi connectivity index (χ0) is 22.6. The molecule has 0 aliphatic heterocycles. The number of anilines is 2. The largest absolute Gasteiger partial charge is 0.497 e. The van der Waals surface area contributed by atoms with E-state index in [2.05, 4.69) is 20.5 Å². The van der Waals surface area contributed by atoms with E-state index in [1.807, 2.05) is 66.7 Å². The highest BCUT2D eigenvalue weighted by Crippen LogP contribution is 2.37. The highest BCUT2D eigenvalue weighted by Gasteiger charge is 2.22. The molecule has 33 heavy (non-hydrogen) atoms. The third-order valence-electron chi connectivity index (χ3n) is 5.14. The summed E-state index contributed by atoms with van der Waals surface area (Å²) in [6.45, 7) is 0. The molecule has 3 heterocycles. The molecule has 2 aromatic carbocycles. The lowest BCUT2D eigenvalue weighted by molar-refractivity contribution is 0.415. The number of methoxy groups -OCH3 is 2. The Labute approximate surface area is 190 Å². The van der Waals surface area contributed by atoms with Gasteiger partial charge in [-0.3, -0.25) is 4.98 Å². The fraction of sp³-hybridized carbons (Fsp3) is 0.120. The van der Waals surface area contributed by atoms with Crippen molar-refractivity contribution in [3.05, 3.63) is 84.4 Å². The SMILES string of the molecule is COc1ccc(Nc2nc(-c3nnc(Cc4ccccc4)o3)c(OC)c3ncccc23)cc1. The van der Waals surface area contributed by atoms with Crippen LogP contribution < -0.4 is 14.8 Å². The first-order valence-corrected chi connectivity index (χ1v) is 10.4. The van der Waals surface area contributed by atoms with Gasteiger partial charge in [-0.25, -0.2) is 4.98 Å². The minimum Gasteiger partial charge on any atom is -0.497 e. The fourth-order valence-corrected chi connectivity index (χ4v) is 3.55. The Morgan fingerprint density at radius 2 is 1.70 bits per heavy atom. The Balaban J connectivity index is 1.57. The molecule has 0 saturated heterocycles. The van der Waals surface area contributed by atoms with Gasteiger partial charge < -0.3 is 19.2 Å². The predicted molar refractivity (Wildman–Crippen MR) is 125 cm³/mol. The van der Waals surface area contributed by atoms with Gasteiger partial charge in [0.15, 0.2) is 11.4 Å². The van der Waals surface area contributed by atoms with Crippen molar-refractivity contribution in [2.24, 2.45) is 0 Å². The molecular formula is C25H21N5O3. The van der Waals surface area contributed by atoms with Crippen molar-refractivity contribution in [2.75, 3.05) is 19.5 Å². The van der Waals surface area contributed by atoms with Crippen LogP contribution in [-0.4, -0.2) is 34.4 Å². The number of nitrogens with zero attached hydrogens (tertiary/aromatic N) is 4. The monoisotopic (exact) mass is 439 g/mol. The fourth-order valence-electron chi connectivity index (χ4n) is 3.55. The molecule has 0 aliphatic rings. The van der Waals surface area contributed by atoms with Crippen molar-refractivity contribution < 1.29 is 13.9 Å². The number of hydrogen-bond acceptors (Lipinski definition) is 8. The number of hydrogen-bond donors (Lipinski definition) is 1. The van der Waals surface area contributed by atoms with Gasteiger partial charge in [0.25, 0.3) is 5.89 Å². The lowest BCUT2D eigenvalue weighted by Gasteiger charge is -2.14. The first-order chi connectivity index (χ1) is 16.2. The van der Waals surface area contributed by atoms with E-state index in [1.54, 1.807) is 20.4 Å². The molecule has 0 bridgehead atoms. The summed E-state index contributed by atoms with van der Waals surface area (Å²) in [5, 5.41) is 12.6. The van der Waals surface area contributed by atoms with Crippen LogP contribution in [0.2, 0.25) is 0 Å². The molecule has 5 aromatic rings. The summed E-state index contributed by atoms with van der Waals surface area (Å²) in [6.07, 6.45) is 2.24. The lowest BCUT2D eigenvalue weighted by Crippen LogP contribution is -2.01. The minimum absolute atomic E-state index is 0.267. The number of pyridine rings is 2. The van der Waals surface area contributed by atoms with E-state index >= 15 is 0 Å². The molecule has 0 unspecified atom stereocenters. The van der Waals surface area contributed by atoms with Gasteiger partial charge in [0.05, 0.1) is 20.6 Å². The summed E-state index contributed by atoms with van der Waals surface area (Å²) in [7, 11) is 3.21. The van der Waals surface area contributed by atoms with Gasteiger partial charge in [0.1, 0.15) is 17.1 Å². The van der Waals surface area contributed by atoms with E-state index < -0.39 is 0 Å². The number of aromatic nitrogens is 4. The zero-order valence-electron chi connectivity index (χ0n) is 18.1. The molecule has 0 saturated carbocycles. The van der Waals surface area contributed by atoms with Crippen LogP contribution in [0.3, 0.4) is 0 Å². The van der Waals surface area contributed by atoms with E-state index in [9.17, 15) is 0 Å². The van der Waals surface area contributed by atoms with E-state index in [0.717, 1.165) is 22.4 Å². The van der Waals surface area contributed by atoms with Crippen LogP contribution in [0.15, 0.2) is 77.3 Å². The van der Waals surface area contributed by atoms with Gasteiger partial charge in [-0.15, -0.1) is 10.2 Å². The highest BCUT2D eigenvalue weighted by molar-refractivity contribution is 5.98. The third kappa shape index (κ3) is 4.18. The van der Waals surface area contributed by atoms with Gasteiger partial charge in [0, 0.05) is 17.3 Å².